The third-order valence-electron chi connectivity index (χ3n) is 5.51. The number of aryl methyl sites for hydroxylation is 3. The fourth-order valence-corrected chi connectivity index (χ4v) is 3.92. The van der Waals surface area contributed by atoms with Gasteiger partial charge in [0.05, 0.1) is 12.1 Å². The van der Waals surface area contributed by atoms with E-state index in [2.05, 4.69) is 21.7 Å². The van der Waals surface area contributed by atoms with E-state index in [1.165, 1.54) is 0 Å². The summed E-state index contributed by atoms with van der Waals surface area (Å²) in [6.07, 6.45) is 3.20. The van der Waals surface area contributed by atoms with E-state index in [1.54, 1.807) is 13.0 Å². The van der Waals surface area contributed by atoms with E-state index in [4.69, 9.17) is 4.42 Å². The maximum absolute atomic E-state index is 12.6. The number of benzene rings is 1. The average Bonchev–Trinajstić information content (AvgIpc) is 3.11. The zero-order valence-corrected chi connectivity index (χ0v) is 17.6. The highest BCUT2D eigenvalue weighted by molar-refractivity contribution is 5.95. The lowest BCUT2D eigenvalue weighted by Gasteiger charge is -2.29. The minimum atomic E-state index is -0.671. The normalized spacial score (nSPS) is 18.7. The number of hydrogen-bond acceptors (Lipinski definition) is 5. The molecule has 30 heavy (non-hydrogen) atoms. The molecule has 1 aliphatic rings. The first-order valence-corrected chi connectivity index (χ1v) is 9.91. The lowest BCUT2D eigenvalue weighted by atomic mass is 10.0. The summed E-state index contributed by atoms with van der Waals surface area (Å²) in [4.78, 5) is 28.3. The number of carbonyl (C=O) groups is 1. The first-order valence-electron chi connectivity index (χ1n) is 9.91. The number of carbonyl (C=O) groups excluding carboxylic acids is 1. The third kappa shape index (κ3) is 4.59. The van der Waals surface area contributed by atoms with E-state index in [1.807, 2.05) is 24.4 Å². The minimum absolute atomic E-state index is 0. The van der Waals surface area contributed by atoms with Crippen LogP contribution in [0, 0.1) is 6.92 Å². The summed E-state index contributed by atoms with van der Waals surface area (Å²) < 4.78 is 5.44. The number of para-hydroxylation sites is 1. The fraction of sp³-hybridized carbons (Fsp3) is 0.364. The van der Waals surface area contributed by atoms with Crippen molar-refractivity contribution in [2.75, 3.05) is 13.1 Å². The van der Waals surface area contributed by atoms with E-state index in [0.717, 1.165) is 22.9 Å². The maximum atomic E-state index is 12.6. The van der Waals surface area contributed by atoms with Crippen LogP contribution in [-0.4, -0.2) is 41.2 Å². The molecule has 0 spiro atoms. The summed E-state index contributed by atoms with van der Waals surface area (Å²) in [6.45, 7) is 2.87. The molecule has 1 aromatic carbocycles. The van der Waals surface area contributed by atoms with Gasteiger partial charge in [-0.2, -0.15) is 0 Å². The third-order valence-corrected chi connectivity index (χ3v) is 5.51. The number of fused-ring (bicyclic) bond motifs is 1. The number of β-amino-alcohol motifs (C(OH)–C–C–N with tert-alkyl or cyclic N) is 1. The summed E-state index contributed by atoms with van der Waals surface area (Å²) in [5.41, 5.74) is 2.18. The van der Waals surface area contributed by atoms with Gasteiger partial charge in [-0.05, 0) is 49.6 Å². The smallest absolute Gasteiger partial charge is 0.349 e. The molecule has 0 radical (unpaired) electrons. The van der Waals surface area contributed by atoms with Crippen LogP contribution in [0.3, 0.4) is 0 Å². The maximum Gasteiger partial charge on any atom is 0.349 e. The van der Waals surface area contributed by atoms with Gasteiger partial charge in [-0.15, -0.1) is 12.4 Å². The van der Waals surface area contributed by atoms with Crippen LogP contribution in [0.1, 0.15) is 33.7 Å². The van der Waals surface area contributed by atoms with Gasteiger partial charge < -0.3 is 25.1 Å². The molecule has 1 amide bonds. The Kier molecular flexibility index (Phi) is 6.97. The number of aliphatic hydroxyl groups is 1. The number of halogens is 1. The van der Waals surface area contributed by atoms with E-state index in [9.17, 15) is 14.7 Å². The Morgan fingerprint density at radius 3 is 2.87 bits per heavy atom. The standard InChI is InChI=1S/C22H25N3O4.ClH/c1-13-10-15(7-6-14-11-24-17-5-3-2-4-16(14)17)29-22(28)20(13)21(27)25-18-8-9-23-12-19(18)26;/h2-5,10-11,18-19,23-24,26H,6-9,12H2,1H3,(H,25,27);1H/t18-,19-;/m1./s1. The first kappa shape index (κ1) is 22.1. The lowest BCUT2D eigenvalue weighted by Crippen LogP contribution is -2.53. The summed E-state index contributed by atoms with van der Waals surface area (Å²) >= 11 is 0. The number of aromatic amines is 1. The van der Waals surface area contributed by atoms with Gasteiger partial charge in [-0.25, -0.2) is 4.79 Å². The number of rotatable bonds is 5. The Hall–Kier alpha value is -2.61. The number of piperidine rings is 1. The Morgan fingerprint density at radius 1 is 1.30 bits per heavy atom. The van der Waals surface area contributed by atoms with Gasteiger partial charge in [-0.1, -0.05) is 18.2 Å². The van der Waals surface area contributed by atoms with Crippen molar-refractivity contribution in [1.82, 2.24) is 15.6 Å². The van der Waals surface area contributed by atoms with E-state index < -0.39 is 17.6 Å². The molecule has 2 atom stereocenters. The summed E-state index contributed by atoms with van der Waals surface area (Å²) in [5, 5.41) is 17.0. The van der Waals surface area contributed by atoms with Crippen molar-refractivity contribution >= 4 is 29.2 Å². The van der Waals surface area contributed by atoms with Crippen molar-refractivity contribution in [3.05, 3.63) is 69.4 Å². The van der Waals surface area contributed by atoms with Crippen molar-refractivity contribution in [3.63, 3.8) is 0 Å². The van der Waals surface area contributed by atoms with Crippen LogP contribution in [0.25, 0.3) is 10.9 Å². The number of H-pyrrole nitrogens is 1. The van der Waals surface area contributed by atoms with Crippen LogP contribution >= 0.6 is 12.4 Å². The second kappa shape index (κ2) is 9.47. The van der Waals surface area contributed by atoms with Crippen LogP contribution < -0.4 is 16.3 Å². The molecular weight excluding hydrogens is 406 g/mol. The number of aromatic nitrogens is 1. The average molecular weight is 432 g/mol. The quantitative estimate of drug-likeness (QED) is 0.495. The minimum Gasteiger partial charge on any atom is -0.427 e. The highest BCUT2D eigenvalue weighted by atomic mass is 35.5. The molecule has 3 heterocycles. The highest BCUT2D eigenvalue weighted by Crippen LogP contribution is 2.20. The highest BCUT2D eigenvalue weighted by Gasteiger charge is 2.26. The summed E-state index contributed by atoms with van der Waals surface area (Å²) in [6, 6.07) is 9.45. The largest absolute Gasteiger partial charge is 0.427 e. The van der Waals surface area contributed by atoms with Gasteiger partial charge in [0.2, 0.25) is 0 Å². The molecule has 0 unspecified atom stereocenters. The first-order chi connectivity index (χ1) is 14.0. The molecule has 3 aromatic rings. The van der Waals surface area contributed by atoms with Crippen LogP contribution in [0.4, 0.5) is 0 Å². The van der Waals surface area contributed by atoms with E-state index in [0.29, 0.717) is 37.3 Å². The van der Waals surface area contributed by atoms with E-state index >= 15 is 0 Å². The molecular formula is C22H26ClN3O4. The molecule has 8 heteroatoms. The van der Waals surface area contributed by atoms with Crippen molar-refractivity contribution in [3.8, 4) is 0 Å². The van der Waals surface area contributed by atoms with Crippen molar-refractivity contribution < 1.29 is 14.3 Å². The lowest BCUT2D eigenvalue weighted by molar-refractivity contribution is 0.0761. The molecule has 0 aliphatic carbocycles. The van der Waals surface area contributed by atoms with Gasteiger partial charge in [0.1, 0.15) is 11.3 Å². The molecule has 160 valence electrons. The molecule has 0 saturated carbocycles. The number of amides is 1. The molecule has 4 rings (SSSR count). The predicted molar refractivity (Wildman–Crippen MR) is 117 cm³/mol. The fourth-order valence-electron chi connectivity index (χ4n) is 3.92. The molecule has 1 fully saturated rings. The number of aliphatic hydroxyl groups excluding tert-OH is 1. The zero-order chi connectivity index (χ0) is 20.4. The summed E-state index contributed by atoms with van der Waals surface area (Å²) in [5.74, 6) is 0.0570. The second-order valence-electron chi connectivity index (χ2n) is 7.56. The monoisotopic (exact) mass is 431 g/mol. The SMILES string of the molecule is Cc1cc(CCc2c[nH]c3ccccc23)oc(=O)c1C(=O)N[C@@H]1CCNC[C@H]1O.Cl. The summed E-state index contributed by atoms with van der Waals surface area (Å²) in [7, 11) is 0. The van der Waals surface area contributed by atoms with Crippen LogP contribution in [-0.2, 0) is 12.8 Å². The number of nitrogens with one attached hydrogen (secondary N) is 3. The molecule has 0 bridgehead atoms. The van der Waals surface area contributed by atoms with Crippen LogP contribution in [0.2, 0.25) is 0 Å². The van der Waals surface area contributed by atoms with Gasteiger partial charge in [0.25, 0.3) is 5.91 Å². The van der Waals surface area contributed by atoms with Crippen molar-refractivity contribution in [2.45, 2.75) is 38.3 Å². The Balaban J connectivity index is 0.00000256. The topological polar surface area (TPSA) is 107 Å². The Labute approximate surface area is 180 Å². The predicted octanol–water partition coefficient (Wildman–Crippen LogP) is 2.09. The van der Waals surface area contributed by atoms with Crippen LogP contribution in [0.15, 0.2) is 45.7 Å². The molecule has 2 aromatic heterocycles. The molecule has 1 saturated heterocycles. The van der Waals surface area contributed by atoms with Crippen LogP contribution in [0.5, 0.6) is 0 Å². The second-order valence-corrected chi connectivity index (χ2v) is 7.56. The van der Waals surface area contributed by atoms with Gasteiger partial charge >= 0.3 is 5.63 Å². The Bertz CT molecular complexity index is 1090. The van der Waals surface area contributed by atoms with Crippen molar-refractivity contribution in [2.24, 2.45) is 0 Å². The number of hydrogen-bond donors (Lipinski definition) is 4. The van der Waals surface area contributed by atoms with E-state index in [-0.39, 0.29) is 24.0 Å². The van der Waals surface area contributed by atoms with Gasteiger partial charge in [0, 0.05) is 30.1 Å². The molecule has 1 aliphatic heterocycles. The zero-order valence-electron chi connectivity index (χ0n) is 16.7. The molecule has 7 nitrogen and oxygen atoms in total. The van der Waals surface area contributed by atoms with Gasteiger partial charge in [-0.3, -0.25) is 4.79 Å². The Morgan fingerprint density at radius 2 is 2.10 bits per heavy atom. The molecule has 4 N–H and O–H groups in total. The van der Waals surface area contributed by atoms with Gasteiger partial charge in [0.15, 0.2) is 0 Å². The van der Waals surface area contributed by atoms with Crippen molar-refractivity contribution in [1.29, 1.82) is 0 Å².